The Bertz CT molecular complexity index is 1410. The summed E-state index contributed by atoms with van der Waals surface area (Å²) in [5, 5.41) is 9.44. The van der Waals surface area contributed by atoms with Crippen molar-refractivity contribution < 1.29 is 48.5 Å². The first-order valence-electron chi connectivity index (χ1n) is 19.1. The molecule has 10 nitrogen and oxygen atoms in total. The first-order chi connectivity index (χ1) is 23.8. The van der Waals surface area contributed by atoms with Crippen LogP contribution in [0.1, 0.15) is 130 Å². The van der Waals surface area contributed by atoms with Crippen LogP contribution in [0.5, 0.6) is 0 Å². The molecule has 5 aliphatic carbocycles. The summed E-state index contributed by atoms with van der Waals surface area (Å²) in [4.78, 5) is 61.7. The van der Waals surface area contributed by atoms with Crippen LogP contribution < -0.4 is 0 Å². The number of carbonyl (C=O) groups excluding carboxylic acids is 2. The van der Waals surface area contributed by atoms with Crippen molar-refractivity contribution in [2.24, 2.45) is 46.3 Å². The number of benzene rings is 1. The normalized spacial score (nSPS) is 44.4. The summed E-state index contributed by atoms with van der Waals surface area (Å²) < 4.78 is 12.5. The summed E-state index contributed by atoms with van der Waals surface area (Å²) in [7, 11) is 0. The lowest BCUT2D eigenvalue weighted by atomic mass is 9.42. The molecule has 1 N–H and O–H groups in total. The van der Waals surface area contributed by atoms with E-state index in [2.05, 4.69) is 45.0 Å². The number of ether oxygens (including phenoxy) is 2. The van der Waals surface area contributed by atoms with Gasteiger partial charge in [0.2, 0.25) is 11.6 Å². The van der Waals surface area contributed by atoms with E-state index in [1.54, 1.807) is 0 Å². The molecule has 6 fully saturated rings. The van der Waals surface area contributed by atoms with E-state index in [4.69, 9.17) is 29.0 Å². The molecule has 7 rings (SSSR count). The summed E-state index contributed by atoms with van der Waals surface area (Å²) in [6, 6.07) is 10.6. The van der Waals surface area contributed by atoms with Crippen LogP contribution in [0.3, 0.4) is 0 Å². The van der Waals surface area contributed by atoms with Gasteiger partial charge < -0.3 is 14.6 Å². The number of hydrogen-bond acceptors (Lipinski definition) is 9. The highest BCUT2D eigenvalue weighted by atomic mass is 17.4. The van der Waals surface area contributed by atoms with E-state index >= 15 is 0 Å². The predicted molar refractivity (Wildman–Crippen MR) is 181 cm³/mol. The second-order valence-corrected chi connectivity index (χ2v) is 17.2. The van der Waals surface area contributed by atoms with Gasteiger partial charge in [-0.15, -0.1) is 0 Å². The van der Waals surface area contributed by atoms with Crippen LogP contribution in [0, 0.1) is 46.3 Å². The van der Waals surface area contributed by atoms with Gasteiger partial charge in [0.05, 0.1) is 0 Å². The number of hydrogen-bond donors (Lipinski definition) is 1. The zero-order valence-electron chi connectivity index (χ0n) is 30.4. The summed E-state index contributed by atoms with van der Waals surface area (Å²) in [5.74, 6) is -2.03. The molecule has 1 heterocycles. The Morgan fingerprint density at radius 2 is 1.50 bits per heavy atom. The van der Waals surface area contributed by atoms with Crippen LogP contribution in [0.2, 0.25) is 0 Å². The van der Waals surface area contributed by atoms with Gasteiger partial charge in [-0.25, -0.2) is 0 Å². The van der Waals surface area contributed by atoms with E-state index in [9.17, 15) is 19.5 Å². The molecule has 1 aliphatic heterocycles. The number of carboxylic acids is 1. The van der Waals surface area contributed by atoms with E-state index < -0.39 is 17.5 Å². The summed E-state index contributed by atoms with van der Waals surface area (Å²) in [5.41, 5.74) is 0.836. The van der Waals surface area contributed by atoms with Crippen LogP contribution in [-0.4, -0.2) is 46.8 Å². The molecule has 1 saturated heterocycles. The minimum Gasteiger partial charge on any atom is -0.481 e. The monoisotopic (exact) mass is 696 g/mol. The van der Waals surface area contributed by atoms with E-state index in [0.29, 0.717) is 50.9 Å². The molecule has 0 radical (unpaired) electrons. The molecule has 1 aromatic carbocycles. The number of aliphatic carboxylic acids is 1. The number of carboxylic acid groups (broad SMARTS) is 1. The lowest BCUT2D eigenvalue weighted by Gasteiger charge is -2.65. The molecule has 10 heteroatoms. The highest BCUT2D eigenvalue weighted by Gasteiger charge is 2.69. The van der Waals surface area contributed by atoms with E-state index in [1.807, 2.05) is 6.07 Å². The van der Waals surface area contributed by atoms with Gasteiger partial charge in [-0.2, -0.15) is 19.6 Å². The standard InChI is InChI=1S/C40H56O10/c1-24(11-14-35(43)44)30-12-13-31-36-32(22-34(38(30,31)5)46-26(3)42)37(4)19-20-40(23-29(37)21-33(36)45-25(2)41)49-47-39(48-50-40)17-15-28(16-18-39)27-9-7-6-8-10-27/h6-10,24,28-34,36H,11-23H2,1-5H3,(H,43,44)/t24?,28?,29-,30-,31?,32?,33-,34+,36?,37+,38-,39?,40?/m1/s1. The molecular formula is C40H56O10. The second-order valence-electron chi connectivity index (χ2n) is 17.2. The Morgan fingerprint density at radius 3 is 2.14 bits per heavy atom. The number of fused-ring (bicyclic) bond motifs is 5. The number of rotatable bonds is 7. The molecule has 5 saturated carbocycles. The van der Waals surface area contributed by atoms with Crippen LogP contribution in [0.25, 0.3) is 0 Å². The first-order valence-corrected chi connectivity index (χ1v) is 19.1. The van der Waals surface area contributed by atoms with Crippen molar-refractivity contribution in [2.45, 2.75) is 148 Å². The Morgan fingerprint density at radius 1 is 0.840 bits per heavy atom. The van der Waals surface area contributed by atoms with Crippen molar-refractivity contribution in [3.8, 4) is 0 Å². The third-order valence-corrected chi connectivity index (χ3v) is 14.6. The average molecular weight is 697 g/mol. The molecule has 50 heavy (non-hydrogen) atoms. The maximum Gasteiger partial charge on any atom is 0.303 e. The molecule has 276 valence electrons. The molecule has 0 aromatic heterocycles. The molecule has 6 aliphatic rings. The smallest absolute Gasteiger partial charge is 0.303 e. The van der Waals surface area contributed by atoms with Crippen molar-refractivity contribution in [1.82, 2.24) is 0 Å². The number of carbonyl (C=O) groups is 3. The molecule has 2 spiro atoms. The van der Waals surface area contributed by atoms with Gasteiger partial charge in [-0.05, 0) is 97.9 Å². The zero-order chi connectivity index (χ0) is 35.5. The third-order valence-electron chi connectivity index (χ3n) is 14.6. The van der Waals surface area contributed by atoms with Gasteiger partial charge in [-0.3, -0.25) is 14.4 Å². The van der Waals surface area contributed by atoms with Crippen molar-refractivity contribution in [2.75, 3.05) is 0 Å². The molecular weight excluding hydrogens is 640 g/mol. The topological polar surface area (TPSA) is 127 Å². The Hall–Kier alpha value is -2.53. The summed E-state index contributed by atoms with van der Waals surface area (Å²) in [6.45, 7) is 9.74. The maximum atomic E-state index is 12.7. The highest BCUT2D eigenvalue weighted by molar-refractivity contribution is 5.67. The lowest BCUT2D eigenvalue weighted by Crippen LogP contribution is -2.65. The average Bonchev–Trinajstić information content (AvgIpc) is 3.45. The minimum atomic E-state index is -1.05. The van der Waals surface area contributed by atoms with Crippen molar-refractivity contribution >= 4 is 17.9 Å². The van der Waals surface area contributed by atoms with Crippen molar-refractivity contribution in [3.05, 3.63) is 35.9 Å². The van der Waals surface area contributed by atoms with E-state index in [1.165, 1.54) is 19.4 Å². The predicted octanol–water partition coefficient (Wildman–Crippen LogP) is 7.89. The molecule has 1 aromatic rings. The highest BCUT2D eigenvalue weighted by Crippen LogP contribution is 2.70. The summed E-state index contributed by atoms with van der Waals surface area (Å²) >= 11 is 0. The Kier molecular flexibility index (Phi) is 9.66. The van der Waals surface area contributed by atoms with E-state index in [-0.39, 0.29) is 76.9 Å². The third kappa shape index (κ3) is 6.30. The van der Waals surface area contributed by atoms with Crippen LogP contribution >= 0.6 is 0 Å². The van der Waals surface area contributed by atoms with Crippen molar-refractivity contribution in [3.63, 3.8) is 0 Å². The van der Waals surface area contributed by atoms with Crippen LogP contribution in [0.15, 0.2) is 30.3 Å². The molecule has 0 amide bonds. The molecule has 10 atom stereocenters. The van der Waals surface area contributed by atoms with Crippen molar-refractivity contribution in [1.29, 1.82) is 0 Å². The van der Waals surface area contributed by atoms with Gasteiger partial charge in [0, 0.05) is 57.3 Å². The SMILES string of the molecule is CC(=O)O[C@H]1CC2C(C3CC[C@H](C(C)CCC(=O)O)[C@]31C)[C@H](OC(C)=O)C[C@@H]1CC3(CC[C@]21C)OOC1(CCC(c2ccccc2)CC1)OO3. The fourth-order valence-electron chi connectivity index (χ4n) is 12.1. The number of esters is 2. The van der Waals surface area contributed by atoms with Gasteiger partial charge in [-0.1, -0.05) is 51.1 Å². The fourth-order valence-corrected chi connectivity index (χ4v) is 12.1. The van der Waals surface area contributed by atoms with Gasteiger partial charge in [0.1, 0.15) is 12.2 Å². The van der Waals surface area contributed by atoms with Gasteiger partial charge >= 0.3 is 17.9 Å². The van der Waals surface area contributed by atoms with Crippen LogP contribution in [0.4, 0.5) is 0 Å². The zero-order valence-corrected chi connectivity index (χ0v) is 30.4. The molecule has 0 bridgehead atoms. The molecule has 4 unspecified atom stereocenters. The van der Waals surface area contributed by atoms with Crippen LogP contribution in [-0.2, 0) is 43.4 Å². The quantitative estimate of drug-likeness (QED) is 0.222. The van der Waals surface area contributed by atoms with Gasteiger partial charge in [0.15, 0.2) is 0 Å². The fraction of sp³-hybridized carbons (Fsp3) is 0.775. The lowest BCUT2D eigenvalue weighted by molar-refractivity contribution is -0.665. The minimum absolute atomic E-state index is 0.0888. The Balaban J connectivity index is 1.10. The first kappa shape index (κ1) is 35.9. The Labute approximate surface area is 296 Å². The van der Waals surface area contributed by atoms with E-state index in [0.717, 1.165) is 32.1 Å². The maximum absolute atomic E-state index is 12.7. The second kappa shape index (κ2) is 13.5. The largest absolute Gasteiger partial charge is 0.481 e. The van der Waals surface area contributed by atoms with Gasteiger partial charge in [0.25, 0.3) is 0 Å². The summed E-state index contributed by atoms with van der Waals surface area (Å²) in [6.07, 6.45) is 8.44.